The van der Waals surface area contributed by atoms with Gasteiger partial charge in [-0.25, -0.2) is 4.39 Å². The molecule has 4 rings (SSSR count). The maximum absolute atomic E-state index is 14.6. The number of carbonyl (C=O) groups excluding carboxylic acids is 2. The van der Waals surface area contributed by atoms with E-state index in [4.69, 9.17) is 11.6 Å². The Bertz CT molecular complexity index is 882. The molecular weight excluding hydrogens is 425 g/mol. The summed E-state index contributed by atoms with van der Waals surface area (Å²) in [7, 11) is 0. The number of hydrogen-bond donors (Lipinski definition) is 1. The van der Waals surface area contributed by atoms with E-state index >= 15 is 0 Å². The Balaban J connectivity index is 1.48. The molecule has 8 heteroatoms. The third-order valence-electron chi connectivity index (χ3n) is 5.93. The van der Waals surface area contributed by atoms with Gasteiger partial charge in [0.2, 0.25) is 5.91 Å². The van der Waals surface area contributed by atoms with Crippen molar-refractivity contribution in [1.29, 1.82) is 0 Å². The number of rotatable bonds is 6. The number of hydrogen-bond acceptors (Lipinski definition) is 4. The van der Waals surface area contributed by atoms with Crippen molar-refractivity contribution in [2.24, 2.45) is 0 Å². The standard InChI is InChI=1S/C22H25ClFN3O2S/c23-15-6-3-7-16(24)20(15)18(26-10-1-2-11-26)14-25-21(28)17-8-4-12-27(17)22(29)19-9-5-13-30-19/h3,5-7,9,13,17-18H,1-2,4,8,10-12,14H2,(H,25,28)/t17-,18?/m0/s1. The predicted octanol–water partition coefficient (Wildman–Crippen LogP) is 4.10. The highest BCUT2D eigenvalue weighted by atomic mass is 35.5. The molecule has 0 spiro atoms. The van der Waals surface area contributed by atoms with Gasteiger partial charge in [0.25, 0.3) is 5.91 Å². The molecule has 5 nitrogen and oxygen atoms in total. The Hall–Kier alpha value is -1.96. The van der Waals surface area contributed by atoms with Gasteiger partial charge in [0, 0.05) is 23.7 Å². The number of halogens is 2. The minimum Gasteiger partial charge on any atom is -0.352 e. The fraction of sp³-hybridized carbons (Fsp3) is 0.455. The zero-order chi connectivity index (χ0) is 21.1. The van der Waals surface area contributed by atoms with Gasteiger partial charge < -0.3 is 10.2 Å². The topological polar surface area (TPSA) is 52.7 Å². The third kappa shape index (κ3) is 4.38. The summed E-state index contributed by atoms with van der Waals surface area (Å²) < 4.78 is 14.6. The summed E-state index contributed by atoms with van der Waals surface area (Å²) in [5, 5.41) is 5.22. The van der Waals surface area contributed by atoms with E-state index in [1.54, 1.807) is 23.1 Å². The van der Waals surface area contributed by atoms with Crippen LogP contribution in [0.15, 0.2) is 35.7 Å². The quantitative estimate of drug-likeness (QED) is 0.722. The molecule has 1 aromatic carbocycles. The first-order valence-corrected chi connectivity index (χ1v) is 11.6. The lowest BCUT2D eigenvalue weighted by molar-refractivity contribution is -0.125. The summed E-state index contributed by atoms with van der Waals surface area (Å²) in [5.74, 6) is -0.644. The molecule has 1 aromatic heterocycles. The first-order valence-electron chi connectivity index (χ1n) is 10.4. The summed E-state index contributed by atoms with van der Waals surface area (Å²) in [6.45, 7) is 2.52. The van der Waals surface area contributed by atoms with Crippen LogP contribution in [-0.2, 0) is 4.79 Å². The van der Waals surface area contributed by atoms with E-state index in [1.807, 2.05) is 11.4 Å². The van der Waals surface area contributed by atoms with Crippen LogP contribution in [0, 0.1) is 5.82 Å². The van der Waals surface area contributed by atoms with Gasteiger partial charge in [-0.1, -0.05) is 23.7 Å². The molecule has 2 aliphatic rings. The van der Waals surface area contributed by atoms with Gasteiger partial charge in [0.15, 0.2) is 0 Å². The summed E-state index contributed by atoms with van der Waals surface area (Å²) in [6, 6.07) is 7.48. The molecular formula is C22H25ClFN3O2S. The number of nitrogens with one attached hydrogen (secondary N) is 1. The van der Waals surface area contributed by atoms with Crippen molar-refractivity contribution in [1.82, 2.24) is 15.1 Å². The second-order valence-electron chi connectivity index (χ2n) is 7.77. The monoisotopic (exact) mass is 449 g/mol. The maximum atomic E-state index is 14.6. The molecule has 0 saturated carbocycles. The Morgan fingerprint density at radius 1 is 1.17 bits per heavy atom. The summed E-state index contributed by atoms with van der Waals surface area (Å²) in [5.41, 5.74) is 0.430. The van der Waals surface area contributed by atoms with E-state index in [2.05, 4.69) is 10.2 Å². The fourth-order valence-corrected chi connectivity index (χ4v) is 5.40. The van der Waals surface area contributed by atoms with E-state index < -0.39 is 6.04 Å². The average Bonchev–Trinajstić information content (AvgIpc) is 3.50. The van der Waals surface area contributed by atoms with Gasteiger partial charge in [-0.2, -0.15) is 0 Å². The Morgan fingerprint density at radius 3 is 2.67 bits per heavy atom. The van der Waals surface area contributed by atoms with Crippen LogP contribution in [0.25, 0.3) is 0 Å². The maximum Gasteiger partial charge on any atom is 0.264 e. The molecule has 30 heavy (non-hydrogen) atoms. The van der Waals surface area contributed by atoms with Crippen molar-refractivity contribution in [2.75, 3.05) is 26.2 Å². The molecule has 1 unspecified atom stereocenters. The lowest BCUT2D eigenvalue weighted by Gasteiger charge is -2.30. The molecule has 2 fully saturated rings. The van der Waals surface area contributed by atoms with E-state index in [0.29, 0.717) is 28.4 Å². The molecule has 2 amide bonds. The van der Waals surface area contributed by atoms with E-state index in [1.165, 1.54) is 17.4 Å². The molecule has 0 aliphatic carbocycles. The van der Waals surface area contributed by atoms with Gasteiger partial charge >= 0.3 is 0 Å². The summed E-state index contributed by atoms with van der Waals surface area (Å²) >= 11 is 7.72. The summed E-state index contributed by atoms with van der Waals surface area (Å²) in [6.07, 6.45) is 3.52. The normalized spacial score (nSPS) is 20.5. The lowest BCUT2D eigenvalue weighted by Crippen LogP contribution is -2.48. The number of likely N-dealkylation sites (tertiary alicyclic amines) is 2. The van der Waals surface area contributed by atoms with Crippen LogP contribution < -0.4 is 5.32 Å². The van der Waals surface area contributed by atoms with Crippen LogP contribution in [0.4, 0.5) is 4.39 Å². The lowest BCUT2D eigenvalue weighted by atomic mass is 10.0. The molecule has 160 valence electrons. The van der Waals surface area contributed by atoms with Crippen LogP contribution in [0.3, 0.4) is 0 Å². The smallest absolute Gasteiger partial charge is 0.264 e. The molecule has 2 aromatic rings. The molecule has 1 N–H and O–H groups in total. The Labute approximate surface area is 184 Å². The van der Waals surface area contributed by atoms with Crippen molar-refractivity contribution >= 4 is 34.8 Å². The van der Waals surface area contributed by atoms with Crippen LogP contribution in [0.2, 0.25) is 5.02 Å². The fourth-order valence-electron chi connectivity index (χ4n) is 4.44. The number of amides is 2. The first-order chi connectivity index (χ1) is 14.6. The van der Waals surface area contributed by atoms with Crippen LogP contribution in [-0.4, -0.2) is 53.8 Å². The number of nitrogens with zero attached hydrogens (tertiary/aromatic N) is 2. The zero-order valence-corrected chi connectivity index (χ0v) is 18.2. The Morgan fingerprint density at radius 2 is 1.97 bits per heavy atom. The van der Waals surface area contributed by atoms with E-state index in [-0.39, 0.29) is 30.2 Å². The summed E-state index contributed by atoms with van der Waals surface area (Å²) in [4.78, 5) is 30.2. The first kappa shape index (κ1) is 21.3. The Kier molecular flexibility index (Phi) is 6.71. The number of carbonyl (C=O) groups is 2. The van der Waals surface area contributed by atoms with Crippen LogP contribution in [0.1, 0.15) is 47.0 Å². The van der Waals surface area contributed by atoms with Gasteiger partial charge in [0.05, 0.1) is 10.9 Å². The van der Waals surface area contributed by atoms with Crippen molar-refractivity contribution in [3.63, 3.8) is 0 Å². The second-order valence-corrected chi connectivity index (χ2v) is 9.13. The van der Waals surface area contributed by atoms with Gasteiger partial charge in [-0.05, 0) is 62.4 Å². The van der Waals surface area contributed by atoms with Crippen LogP contribution >= 0.6 is 22.9 Å². The van der Waals surface area contributed by atoms with Crippen LogP contribution in [0.5, 0.6) is 0 Å². The molecule has 2 aliphatic heterocycles. The average molecular weight is 450 g/mol. The molecule has 0 bridgehead atoms. The number of thiophene rings is 1. The highest BCUT2D eigenvalue weighted by Crippen LogP contribution is 2.32. The van der Waals surface area contributed by atoms with E-state index in [9.17, 15) is 14.0 Å². The highest BCUT2D eigenvalue weighted by Gasteiger charge is 2.36. The molecule has 3 heterocycles. The zero-order valence-electron chi connectivity index (χ0n) is 16.7. The van der Waals surface area contributed by atoms with E-state index in [0.717, 1.165) is 32.4 Å². The minimum atomic E-state index is -0.491. The molecule has 2 atom stereocenters. The van der Waals surface area contributed by atoms with Crippen molar-refractivity contribution in [2.45, 2.75) is 37.8 Å². The van der Waals surface area contributed by atoms with Crippen molar-refractivity contribution in [3.05, 3.63) is 57.0 Å². The van der Waals surface area contributed by atoms with Crippen molar-refractivity contribution in [3.8, 4) is 0 Å². The van der Waals surface area contributed by atoms with Crippen molar-refractivity contribution < 1.29 is 14.0 Å². The highest BCUT2D eigenvalue weighted by molar-refractivity contribution is 7.12. The van der Waals surface area contributed by atoms with Gasteiger partial charge in [0.1, 0.15) is 11.9 Å². The second kappa shape index (κ2) is 9.45. The third-order valence-corrected chi connectivity index (χ3v) is 7.12. The minimum absolute atomic E-state index is 0.101. The largest absolute Gasteiger partial charge is 0.352 e. The predicted molar refractivity (Wildman–Crippen MR) is 116 cm³/mol. The molecule has 0 radical (unpaired) electrons. The number of benzene rings is 1. The van der Waals surface area contributed by atoms with Gasteiger partial charge in [-0.3, -0.25) is 14.5 Å². The molecule has 2 saturated heterocycles. The van der Waals surface area contributed by atoms with Gasteiger partial charge in [-0.15, -0.1) is 11.3 Å². The SMILES string of the molecule is O=C(NCC(c1c(F)cccc1Cl)N1CCCC1)[C@@H]1CCCN1C(=O)c1cccs1.